The van der Waals surface area contributed by atoms with Gasteiger partial charge >= 0.3 is 5.97 Å². The monoisotopic (exact) mass is 282 g/mol. The van der Waals surface area contributed by atoms with E-state index in [9.17, 15) is 9.59 Å². The zero-order chi connectivity index (χ0) is 14.6. The predicted molar refractivity (Wildman–Crippen MR) is 75.3 cm³/mol. The first-order valence-electron chi connectivity index (χ1n) is 6.29. The number of halogens is 1. The molecule has 0 aliphatic heterocycles. The minimum atomic E-state index is -0.791. The van der Waals surface area contributed by atoms with Crippen LogP contribution >= 0.6 is 11.6 Å². The number of carbonyl (C=O) groups excluding carboxylic acids is 2. The van der Waals surface area contributed by atoms with Crippen LogP contribution in [0.4, 0.5) is 0 Å². The normalized spacial score (nSPS) is 14.0. The first-order chi connectivity index (χ1) is 8.82. The molecule has 2 atom stereocenters. The van der Waals surface area contributed by atoms with Crippen molar-refractivity contribution in [3.8, 4) is 0 Å². The molecule has 0 saturated carbocycles. The summed E-state index contributed by atoms with van der Waals surface area (Å²) in [7, 11) is 0. The quantitative estimate of drug-likeness (QED) is 0.612. The van der Waals surface area contributed by atoms with Crippen LogP contribution in [0, 0.1) is 5.92 Å². The summed E-state index contributed by atoms with van der Waals surface area (Å²) < 4.78 is 5.15. The molecule has 0 aliphatic carbocycles. The van der Waals surface area contributed by atoms with Gasteiger partial charge in [0.15, 0.2) is 0 Å². The summed E-state index contributed by atoms with van der Waals surface area (Å²) in [5.41, 5.74) is 0.855. The highest BCUT2D eigenvalue weighted by atomic mass is 35.5. The highest BCUT2D eigenvalue weighted by Crippen LogP contribution is 2.28. The Balaban J connectivity index is 2.99. The molecule has 0 aliphatic rings. The van der Waals surface area contributed by atoms with Gasteiger partial charge in [0, 0.05) is 10.9 Å². The molecule has 0 spiro atoms. The van der Waals surface area contributed by atoms with Crippen LogP contribution in [-0.2, 0) is 14.3 Å². The average molecular weight is 283 g/mol. The summed E-state index contributed by atoms with van der Waals surface area (Å²) in [6.07, 6.45) is -0.235. The van der Waals surface area contributed by atoms with Crippen molar-refractivity contribution in [1.82, 2.24) is 0 Å². The Kier molecular flexibility index (Phi) is 5.55. The summed E-state index contributed by atoms with van der Waals surface area (Å²) in [5.74, 6) is -1.73. The molecule has 2 unspecified atom stereocenters. The molecule has 4 heteroatoms. The van der Waals surface area contributed by atoms with Gasteiger partial charge in [0.2, 0.25) is 0 Å². The van der Waals surface area contributed by atoms with Crippen LogP contribution in [0.5, 0.6) is 0 Å². The second-order valence-corrected chi connectivity index (χ2v) is 5.35. The van der Waals surface area contributed by atoms with Crippen LogP contribution in [0.15, 0.2) is 24.3 Å². The van der Waals surface area contributed by atoms with Gasteiger partial charge in [0.1, 0.15) is 11.7 Å². The Bertz CT molecular complexity index is 468. The number of carbonyl (C=O) groups is 2. The van der Waals surface area contributed by atoms with E-state index in [1.165, 1.54) is 6.92 Å². The zero-order valence-corrected chi connectivity index (χ0v) is 12.4. The van der Waals surface area contributed by atoms with Crippen LogP contribution in [0.2, 0.25) is 5.02 Å². The number of benzene rings is 1. The lowest BCUT2D eigenvalue weighted by atomic mass is 9.85. The van der Waals surface area contributed by atoms with E-state index in [4.69, 9.17) is 16.3 Å². The largest absolute Gasteiger partial charge is 0.462 e. The maximum absolute atomic E-state index is 12.0. The van der Waals surface area contributed by atoms with Crippen molar-refractivity contribution in [3.05, 3.63) is 34.9 Å². The van der Waals surface area contributed by atoms with Gasteiger partial charge in [-0.2, -0.15) is 0 Å². The van der Waals surface area contributed by atoms with Crippen molar-refractivity contribution in [2.45, 2.75) is 39.7 Å². The van der Waals surface area contributed by atoms with Gasteiger partial charge in [-0.25, -0.2) is 0 Å². The highest BCUT2D eigenvalue weighted by molar-refractivity contribution is 6.30. The predicted octanol–water partition coefficient (Wildman–Crippen LogP) is 3.60. The summed E-state index contributed by atoms with van der Waals surface area (Å²) in [6.45, 7) is 6.77. The standard InChI is InChI=1S/C15H19ClO3/c1-9(2)19-15(18)14(11(4)17)10(3)12-6-5-7-13(16)8-12/h5-10,14H,1-4H3. The van der Waals surface area contributed by atoms with Crippen molar-refractivity contribution in [1.29, 1.82) is 0 Å². The fourth-order valence-corrected chi connectivity index (χ4v) is 2.21. The van der Waals surface area contributed by atoms with E-state index in [2.05, 4.69) is 0 Å². The Hall–Kier alpha value is -1.35. The molecule has 0 saturated heterocycles. The van der Waals surface area contributed by atoms with Crippen molar-refractivity contribution >= 4 is 23.4 Å². The molecule has 0 N–H and O–H groups in total. The lowest BCUT2D eigenvalue weighted by molar-refractivity contribution is -0.155. The molecule has 3 nitrogen and oxygen atoms in total. The van der Waals surface area contributed by atoms with Crippen molar-refractivity contribution in [2.24, 2.45) is 5.92 Å². The number of Topliss-reactive ketones (excluding diaryl/α,β-unsaturated/α-hetero) is 1. The first kappa shape index (κ1) is 15.7. The molecule has 0 amide bonds. The van der Waals surface area contributed by atoms with E-state index in [1.54, 1.807) is 32.0 Å². The molecule has 0 heterocycles. The van der Waals surface area contributed by atoms with Crippen LogP contribution in [-0.4, -0.2) is 17.9 Å². The molecule has 0 fully saturated rings. The molecule has 1 aromatic rings. The summed E-state index contributed by atoms with van der Waals surface area (Å²) in [4.78, 5) is 23.8. The lowest BCUT2D eigenvalue weighted by Gasteiger charge is -2.22. The van der Waals surface area contributed by atoms with Crippen LogP contribution in [0.25, 0.3) is 0 Å². The Labute approximate surface area is 118 Å². The summed E-state index contributed by atoms with van der Waals surface area (Å²) in [6, 6.07) is 7.19. The lowest BCUT2D eigenvalue weighted by Crippen LogP contribution is -2.30. The number of ketones is 1. The van der Waals surface area contributed by atoms with Gasteiger partial charge in [0.05, 0.1) is 6.10 Å². The maximum atomic E-state index is 12.0. The van der Waals surface area contributed by atoms with Crippen molar-refractivity contribution < 1.29 is 14.3 Å². The molecule has 0 radical (unpaired) electrons. The summed E-state index contributed by atoms with van der Waals surface area (Å²) >= 11 is 5.94. The van der Waals surface area contributed by atoms with E-state index in [0.29, 0.717) is 5.02 Å². The smallest absolute Gasteiger partial charge is 0.317 e. The van der Waals surface area contributed by atoms with Gasteiger partial charge in [-0.3, -0.25) is 9.59 Å². The van der Waals surface area contributed by atoms with E-state index in [-0.39, 0.29) is 17.8 Å². The minimum Gasteiger partial charge on any atom is -0.462 e. The summed E-state index contributed by atoms with van der Waals surface area (Å²) in [5, 5.41) is 0.587. The number of rotatable bonds is 5. The van der Waals surface area contributed by atoms with Gasteiger partial charge in [-0.05, 0) is 38.5 Å². The Morgan fingerprint density at radius 3 is 2.32 bits per heavy atom. The average Bonchev–Trinajstić information content (AvgIpc) is 2.27. The first-order valence-corrected chi connectivity index (χ1v) is 6.67. The third-order valence-corrected chi connectivity index (χ3v) is 3.15. The van der Waals surface area contributed by atoms with Gasteiger partial charge in [-0.1, -0.05) is 30.7 Å². The fourth-order valence-electron chi connectivity index (χ4n) is 2.01. The van der Waals surface area contributed by atoms with E-state index in [1.807, 2.05) is 13.0 Å². The van der Waals surface area contributed by atoms with Gasteiger partial charge in [-0.15, -0.1) is 0 Å². The molecular weight excluding hydrogens is 264 g/mol. The molecule has 1 rings (SSSR count). The zero-order valence-electron chi connectivity index (χ0n) is 11.6. The van der Waals surface area contributed by atoms with Crippen molar-refractivity contribution in [3.63, 3.8) is 0 Å². The number of esters is 1. The van der Waals surface area contributed by atoms with E-state index in [0.717, 1.165) is 5.56 Å². The third kappa shape index (κ3) is 4.35. The molecule has 19 heavy (non-hydrogen) atoms. The van der Waals surface area contributed by atoms with Crippen LogP contribution < -0.4 is 0 Å². The van der Waals surface area contributed by atoms with Crippen LogP contribution in [0.3, 0.4) is 0 Å². The van der Waals surface area contributed by atoms with Gasteiger partial charge in [0.25, 0.3) is 0 Å². The van der Waals surface area contributed by atoms with E-state index >= 15 is 0 Å². The van der Waals surface area contributed by atoms with Gasteiger partial charge < -0.3 is 4.74 Å². The topological polar surface area (TPSA) is 43.4 Å². The number of ether oxygens (including phenoxy) is 1. The Morgan fingerprint density at radius 1 is 1.21 bits per heavy atom. The number of hydrogen-bond acceptors (Lipinski definition) is 3. The third-order valence-electron chi connectivity index (χ3n) is 2.92. The molecular formula is C15H19ClO3. The van der Waals surface area contributed by atoms with E-state index < -0.39 is 11.9 Å². The second kappa shape index (κ2) is 6.71. The number of hydrogen-bond donors (Lipinski definition) is 0. The SMILES string of the molecule is CC(=O)C(C(=O)OC(C)C)C(C)c1cccc(Cl)c1. The van der Waals surface area contributed by atoms with Crippen molar-refractivity contribution in [2.75, 3.05) is 0 Å². The molecule has 0 bridgehead atoms. The second-order valence-electron chi connectivity index (χ2n) is 4.92. The van der Waals surface area contributed by atoms with Crippen LogP contribution in [0.1, 0.15) is 39.2 Å². The maximum Gasteiger partial charge on any atom is 0.317 e. The highest BCUT2D eigenvalue weighted by Gasteiger charge is 2.32. The molecule has 0 aromatic heterocycles. The minimum absolute atomic E-state index is 0.196. The Morgan fingerprint density at radius 2 is 1.84 bits per heavy atom. The molecule has 104 valence electrons. The fraction of sp³-hybridized carbons (Fsp3) is 0.467. The molecule has 1 aromatic carbocycles.